The average Bonchev–Trinajstić information content (AvgIpc) is 3.82. The first kappa shape index (κ1) is 18.4. The van der Waals surface area contributed by atoms with Crippen LogP contribution in [0.5, 0.6) is 0 Å². The van der Waals surface area contributed by atoms with Gasteiger partial charge in [0.05, 0.1) is 24.7 Å². The van der Waals surface area contributed by atoms with E-state index < -0.39 is 103 Å². The third kappa shape index (κ3) is 4.51. The first-order valence-electron chi connectivity index (χ1n) is 27.3. The van der Waals surface area contributed by atoms with Gasteiger partial charge in [-0.1, -0.05) is 157 Å². The maximum Gasteiger partial charge on any atom is 0.135 e. The number of hydrogen-bond donors (Lipinski definition) is 0. The predicted molar refractivity (Wildman–Crippen MR) is 243 cm³/mol. The summed E-state index contributed by atoms with van der Waals surface area (Å²) in [4.78, 5) is 0. The molecule has 0 aliphatic heterocycles. The number of para-hydroxylation sites is 1. The van der Waals surface area contributed by atoms with E-state index in [9.17, 15) is 9.60 Å². The van der Waals surface area contributed by atoms with Crippen LogP contribution in [-0.4, -0.2) is 0 Å². The lowest BCUT2D eigenvalue weighted by Crippen LogP contribution is -1.90. The molecule has 1 aromatic heterocycles. The molecule has 0 bridgehead atoms. The summed E-state index contributed by atoms with van der Waals surface area (Å²) in [5, 5.41) is 0.969. The summed E-state index contributed by atoms with van der Waals surface area (Å²) in [5.74, 6) is 0. The van der Waals surface area contributed by atoms with Gasteiger partial charge in [-0.2, -0.15) is 0 Å². The molecule has 0 saturated carbocycles. The summed E-state index contributed by atoms with van der Waals surface area (Å²) in [6, 6.07) is 17.0. The quantitative estimate of drug-likeness (QED) is 0.164. The van der Waals surface area contributed by atoms with Gasteiger partial charge in [-0.25, -0.2) is 0 Å². The Bertz CT molecular complexity index is 4740. The minimum atomic E-state index is -0.571. The Labute approximate surface area is 353 Å². The van der Waals surface area contributed by atoms with Crippen molar-refractivity contribution in [2.24, 2.45) is 0 Å². The van der Waals surface area contributed by atoms with Crippen molar-refractivity contribution in [3.05, 3.63) is 194 Å². The number of benzene rings is 12. The molecule has 0 spiro atoms. The van der Waals surface area contributed by atoms with Crippen molar-refractivity contribution in [3.63, 3.8) is 0 Å². The van der Waals surface area contributed by atoms with Crippen LogP contribution in [0.2, 0.25) is 0 Å². The Balaban J connectivity index is 1.09. The van der Waals surface area contributed by atoms with Crippen LogP contribution in [0.3, 0.4) is 0 Å². The molecule has 1 nitrogen and oxygen atoms in total. The number of rotatable bonds is 4. The maximum atomic E-state index is 9.62. The lowest BCUT2D eigenvalue weighted by atomic mass is 9.87. The SMILES string of the molecule is [2H]c1c([2H])c2c([2H])c([2H])c3c([2H])c([2H])c(-c4ccc(-c5cc(-c6ccc7oc8ccccc8c7c6)cc(-c6c([2H])c([2H])c7c([2H])c([2H])c8c([2H])c([2H])c([2H])c9c([2H])c([2H])c6c7c89)c5)cc4)c4c([2H])c([2H])c(c1[2H])c2c34. The van der Waals surface area contributed by atoms with Crippen LogP contribution in [0, 0.1) is 0 Å². The van der Waals surface area contributed by atoms with Crippen LogP contribution in [0.25, 0.3) is 131 Å². The Kier molecular flexibility index (Phi) is 3.73. The maximum absolute atomic E-state index is 9.62. The van der Waals surface area contributed by atoms with E-state index in [4.69, 9.17) is 19.5 Å². The zero-order valence-corrected chi connectivity index (χ0v) is 29.5. The molecule has 1 heteroatoms. The second kappa shape index (κ2) is 11.5. The fourth-order valence-corrected chi connectivity index (χ4v) is 8.40. The smallest absolute Gasteiger partial charge is 0.135 e. The summed E-state index contributed by atoms with van der Waals surface area (Å²) in [6.07, 6.45) is 0. The van der Waals surface area contributed by atoms with E-state index in [-0.39, 0.29) is 81.8 Å². The summed E-state index contributed by atoms with van der Waals surface area (Å²) in [7, 11) is 0. The van der Waals surface area contributed by atoms with Gasteiger partial charge in [-0.3, -0.25) is 0 Å². The van der Waals surface area contributed by atoms with Crippen molar-refractivity contribution in [2.45, 2.75) is 0 Å². The van der Waals surface area contributed by atoms with Gasteiger partial charge in [0.1, 0.15) is 11.2 Å². The van der Waals surface area contributed by atoms with E-state index in [0.29, 0.717) is 44.5 Å². The third-order valence-electron chi connectivity index (χ3n) is 11.1. The molecule has 0 unspecified atom stereocenters. The zero-order valence-electron chi connectivity index (χ0n) is 47.5. The standard InChI is InChI=1S/C56H32O/c1-2-10-51-47(9-1)50-32-41(23-28-52(50)57-51)43-29-42(30-44(31-43)46-25-20-40-18-16-36-6-4-8-38-22-27-49(46)56(40)54(36)38)33-11-13-34(14-12-33)45-24-19-39-17-15-35-5-3-7-37-21-26-48(45)55(39)53(35)37/h1-32H/i3D,4D,5D,6D,7D,8D,15D,16D,17D,18D,19D,20D,21D,22D,24D,25D,26D,27D. The molecule has 0 saturated heterocycles. The van der Waals surface area contributed by atoms with Crippen molar-refractivity contribution in [3.8, 4) is 44.5 Å². The highest BCUT2D eigenvalue weighted by Gasteiger charge is 2.17. The summed E-state index contributed by atoms with van der Waals surface area (Å²) in [6.45, 7) is 0. The lowest BCUT2D eigenvalue weighted by molar-refractivity contribution is 0.669. The fourth-order valence-electron chi connectivity index (χ4n) is 8.40. The normalized spacial score (nSPS) is 16.6. The monoisotopic (exact) mass is 738 g/mol. The summed E-state index contributed by atoms with van der Waals surface area (Å²) < 4.78 is 169. The van der Waals surface area contributed by atoms with Gasteiger partial charge >= 0.3 is 0 Å². The van der Waals surface area contributed by atoms with E-state index >= 15 is 0 Å². The highest BCUT2D eigenvalue weighted by Crippen LogP contribution is 2.43. The van der Waals surface area contributed by atoms with Crippen molar-refractivity contribution < 1.29 is 29.1 Å². The van der Waals surface area contributed by atoms with E-state index in [2.05, 4.69) is 0 Å². The van der Waals surface area contributed by atoms with Crippen LogP contribution in [0.15, 0.2) is 198 Å². The zero-order chi connectivity index (χ0) is 52.9. The van der Waals surface area contributed by atoms with Crippen molar-refractivity contribution in [2.75, 3.05) is 0 Å². The molecular weight excluding hydrogens is 689 g/mol. The van der Waals surface area contributed by atoms with Gasteiger partial charge in [0.15, 0.2) is 0 Å². The second-order valence-corrected chi connectivity index (χ2v) is 14.2. The molecular formula is C56H32O. The Morgan fingerprint density at radius 3 is 1.39 bits per heavy atom. The topological polar surface area (TPSA) is 13.1 Å². The number of hydrogen-bond acceptors (Lipinski definition) is 1. The highest BCUT2D eigenvalue weighted by atomic mass is 16.3. The molecule has 0 N–H and O–H groups in total. The molecule has 1 heterocycles. The molecule has 0 radical (unpaired) electrons. The molecule has 0 aliphatic carbocycles. The van der Waals surface area contributed by atoms with Gasteiger partial charge in [-0.15, -0.1) is 0 Å². The Morgan fingerprint density at radius 2 is 0.754 bits per heavy atom. The van der Waals surface area contributed by atoms with Crippen LogP contribution in [0.4, 0.5) is 0 Å². The van der Waals surface area contributed by atoms with Gasteiger partial charge in [0.2, 0.25) is 0 Å². The Morgan fingerprint density at radius 1 is 0.298 bits per heavy atom. The fraction of sp³-hybridized carbons (Fsp3) is 0. The molecule has 0 fully saturated rings. The second-order valence-electron chi connectivity index (χ2n) is 14.2. The van der Waals surface area contributed by atoms with E-state index in [1.165, 1.54) is 0 Å². The van der Waals surface area contributed by atoms with Gasteiger partial charge in [-0.05, 0) is 146 Å². The average molecular weight is 739 g/mol. The van der Waals surface area contributed by atoms with E-state index in [0.717, 1.165) is 10.8 Å². The highest BCUT2D eigenvalue weighted by molar-refractivity contribution is 6.27. The molecule has 0 aliphatic rings. The van der Waals surface area contributed by atoms with E-state index in [1.54, 1.807) is 36.4 Å². The minimum absolute atomic E-state index is 0.00111. The van der Waals surface area contributed by atoms with Crippen LogP contribution in [-0.2, 0) is 0 Å². The first-order valence-corrected chi connectivity index (χ1v) is 18.3. The van der Waals surface area contributed by atoms with Gasteiger partial charge in [0.25, 0.3) is 0 Å². The number of furan rings is 1. The summed E-state index contributed by atoms with van der Waals surface area (Å²) in [5.41, 5.74) is 4.54. The first-order chi connectivity index (χ1) is 35.7. The molecule has 13 rings (SSSR count). The van der Waals surface area contributed by atoms with Crippen molar-refractivity contribution in [1.82, 2.24) is 0 Å². The predicted octanol–water partition coefficient (Wildman–Crippen LogP) is 16.0. The van der Waals surface area contributed by atoms with Gasteiger partial charge in [0, 0.05) is 10.8 Å². The molecule has 57 heavy (non-hydrogen) atoms. The molecule has 262 valence electrons. The Hall–Kier alpha value is -7.48. The third-order valence-corrected chi connectivity index (χ3v) is 11.1. The molecule has 12 aromatic carbocycles. The van der Waals surface area contributed by atoms with Gasteiger partial charge < -0.3 is 4.42 Å². The van der Waals surface area contributed by atoms with E-state index in [1.807, 2.05) is 48.5 Å². The van der Waals surface area contributed by atoms with Crippen molar-refractivity contribution in [1.29, 1.82) is 0 Å². The number of fused-ring (bicyclic) bond motifs is 3. The van der Waals surface area contributed by atoms with Crippen molar-refractivity contribution >= 4 is 86.6 Å². The lowest BCUT2D eigenvalue weighted by Gasteiger charge is -2.17. The molecule has 0 amide bonds. The van der Waals surface area contributed by atoms with Crippen LogP contribution >= 0.6 is 0 Å². The van der Waals surface area contributed by atoms with Crippen LogP contribution in [0.1, 0.15) is 24.7 Å². The summed E-state index contributed by atoms with van der Waals surface area (Å²) >= 11 is 0. The largest absolute Gasteiger partial charge is 0.456 e. The molecule has 0 atom stereocenters. The minimum Gasteiger partial charge on any atom is -0.456 e. The molecule has 13 aromatic rings. The van der Waals surface area contributed by atoms with Crippen LogP contribution < -0.4 is 0 Å².